The number of hydrogen-bond acceptors (Lipinski definition) is 2. The van der Waals surface area contributed by atoms with Crippen molar-refractivity contribution in [3.05, 3.63) is 23.5 Å². The van der Waals surface area contributed by atoms with E-state index < -0.39 is 11.8 Å². The number of rotatable bonds is 2. The summed E-state index contributed by atoms with van der Waals surface area (Å²) in [5, 5.41) is 3.18. The molecule has 0 aromatic carbocycles. The van der Waals surface area contributed by atoms with Crippen LogP contribution in [0.1, 0.15) is 44.4 Å². The van der Waals surface area contributed by atoms with Crippen molar-refractivity contribution in [2.45, 2.75) is 44.4 Å². The normalized spacial score (nSPS) is 22.2. The summed E-state index contributed by atoms with van der Waals surface area (Å²) in [5.74, 6) is -3.22. The van der Waals surface area contributed by atoms with E-state index in [1.54, 1.807) is 6.07 Å². The molecule has 0 atom stereocenters. The molecule has 2 heterocycles. The van der Waals surface area contributed by atoms with E-state index >= 15 is 0 Å². The number of alkyl halides is 2. The maximum atomic E-state index is 14.2. The van der Waals surface area contributed by atoms with Crippen molar-refractivity contribution >= 4 is 5.69 Å². The van der Waals surface area contributed by atoms with Gasteiger partial charge in [0.2, 0.25) is 0 Å². The highest BCUT2D eigenvalue weighted by Crippen LogP contribution is 2.47. The number of halogens is 2. The Morgan fingerprint density at radius 2 is 2.11 bits per heavy atom. The van der Waals surface area contributed by atoms with Crippen LogP contribution in [-0.4, -0.2) is 11.5 Å². The molecule has 1 saturated carbocycles. The van der Waals surface area contributed by atoms with Gasteiger partial charge in [0.25, 0.3) is 5.92 Å². The van der Waals surface area contributed by atoms with E-state index in [1.165, 1.54) is 6.20 Å². The summed E-state index contributed by atoms with van der Waals surface area (Å²) in [7, 11) is 0. The van der Waals surface area contributed by atoms with Crippen LogP contribution in [0.25, 0.3) is 0 Å². The Bertz CT molecular complexity index is 479. The van der Waals surface area contributed by atoms with Crippen LogP contribution in [0.2, 0.25) is 0 Å². The minimum absolute atomic E-state index is 0.0659. The van der Waals surface area contributed by atoms with E-state index in [9.17, 15) is 8.78 Å². The fraction of sp³-hybridized carbons (Fsp3) is 0.643. The topological polar surface area (TPSA) is 24.9 Å². The highest BCUT2D eigenvalue weighted by molar-refractivity contribution is 5.58. The Morgan fingerprint density at radius 3 is 2.72 bits per heavy atom. The Hall–Kier alpha value is -1.19. The lowest BCUT2D eigenvalue weighted by molar-refractivity contribution is -0.0945. The van der Waals surface area contributed by atoms with Crippen molar-refractivity contribution in [2.24, 2.45) is 5.92 Å². The van der Waals surface area contributed by atoms with Crippen LogP contribution in [0.5, 0.6) is 0 Å². The molecule has 0 saturated heterocycles. The van der Waals surface area contributed by atoms with Gasteiger partial charge in [-0.05, 0) is 18.9 Å². The van der Waals surface area contributed by atoms with Crippen molar-refractivity contribution in [3.63, 3.8) is 0 Å². The summed E-state index contributed by atoms with van der Waals surface area (Å²) in [5.41, 5.74) is 1.67. The maximum Gasteiger partial charge on any atom is 0.277 e. The Balaban J connectivity index is 1.96. The number of nitrogens with one attached hydrogen (secondary N) is 1. The molecule has 1 aliphatic carbocycles. The van der Waals surface area contributed by atoms with Crippen molar-refractivity contribution in [2.75, 3.05) is 11.9 Å². The maximum absolute atomic E-state index is 14.2. The third kappa shape index (κ3) is 1.62. The monoisotopic (exact) mass is 252 g/mol. The molecule has 1 fully saturated rings. The number of hydrogen-bond donors (Lipinski definition) is 1. The lowest BCUT2D eigenvalue weighted by atomic mass is 9.78. The zero-order valence-corrected chi connectivity index (χ0v) is 10.8. The molecule has 1 aliphatic heterocycles. The van der Waals surface area contributed by atoms with Gasteiger partial charge in [0, 0.05) is 29.6 Å². The quantitative estimate of drug-likeness (QED) is 0.868. The lowest BCUT2D eigenvalue weighted by Crippen LogP contribution is -2.31. The molecule has 2 nitrogen and oxygen atoms in total. The lowest BCUT2D eigenvalue weighted by Gasteiger charge is -2.33. The second-order valence-corrected chi connectivity index (χ2v) is 6.11. The number of nitrogens with zero attached hydrogens (tertiary/aromatic N) is 1. The molecule has 1 aromatic heterocycles. The Kier molecular flexibility index (Phi) is 2.41. The van der Waals surface area contributed by atoms with E-state index in [-0.39, 0.29) is 11.0 Å². The van der Waals surface area contributed by atoms with Gasteiger partial charge in [-0.3, -0.25) is 4.98 Å². The van der Waals surface area contributed by atoms with Gasteiger partial charge in [0.05, 0.1) is 11.4 Å². The van der Waals surface area contributed by atoms with Crippen LogP contribution in [-0.2, 0) is 11.3 Å². The summed E-state index contributed by atoms with van der Waals surface area (Å²) in [6.45, 7) is 4.90. The van der Waals surface area contributed by atoms with Crippen LogP contribution in [0, 0.1) is 5.92 Å². The first kappa shape index (κ1) is 11.9. The standard InChI is InChI=1S/C14H18F2N2/c1-13(2)8-18-11-6-10(7-17-12(11)13)14(15,16)9-4-3-5-9/h6-7,9,18H,3-5,8H2,1-2H3. The molecular formula is C14H18F2N2. The van der Waals surface area contributed by atoms with Gasteiger partial charge in [-0.1, -0.05) is 20.3 Å². The van der Waals surface area contributed by atoms with Crippen LogP contribution < -0.4 is 5.32 Å². The predicted octanol–water partition coefficient (Wildman–Crippen LogP) is 3.68. The fourth-order valence-electron chi connectivity index (χ4n) is 2.73. The predicted molar refractivity (Wildman–Crippen MR) is 67.0 cm³/mol. The van der Waals surface area contributed by atoms with E-state index in [4.69, 9.17) is 0 Å². The number of pyridine rings is 1. The summed E-state index contributed by atoms with van der Waals surface area (Å²) >= 11 is 0. The van der Waals surface area contributed by atoms with E-state index in [0.29, 0.717) is 12.8 Å². The van der Waals surface area contributed by atoms with Crippen molar-refractivity contribution < 1.29 is 8.78 Å². The molecule has 0 spiro atoms. The first-order valence-electron chi connectivity index (χ1n) is 6.54. The minimum atomic E-state index is -2.73. The van der Waals surface area contributed by atoms with E-state index in [0.717, 1.165) is 24.3 Å². The van der Waals surface area contributed by atoms with Gasteiger partial charge in [-0.15, -0.1) is 0 Å². The first-order valence-corrected chi connectivity index (χ1v) is 6.54. The zero-order valence-electron chi connectivity index (χ0n) is 10.8. The molecule has 1 aromatic rings. The molecular weight excluding hydrogens is 234 g/mol. The van der Waals surface area contributed by atoms with Gasteiger partial charge in [0.1, 0.15) is 0 Å². The first-order chi connectivity index (χ1) is 8.41. The van der Waals surface area contributed by atoms with Gasteiger partial charge in [0.15, 0.2) is 0 Å². The third-order valence-corrected chi connectivity index (χ3v) is 4.25. The molecule has 1 N–H and O–H groups in total. The zero-order chi connectivity index (χ0) is 13.0. The minimum Gasteiger partial charge on any atom is -0.383 e. The number of aromatic nitrogens is 1. The second kappa shape index (κ2) is 3.65. The Labute approximate surface area is 106 Å². The van der Waals surface area contributed by atoms with Crippen LogP contribution in [0.3, 0.4) is 0 Å². The second-order valence-electron chi connectivity index (χ2n) is 6.11. The highest BCUT2D eigenvalue weighted by Gasteiger charge is 2.45. The van der Waals surface area contributed by atoms with Crippen molar-refractivity contribution in [1.29, 1.82) is 0 Å². The average molecular weight is 252 g/mol. The molecule has 0 unspecified atom stereocenters. The number of anilines is 1. The largest absolute Gasteiger partial charge is 0.383 e. The van der Waals surface area contributed by atoms with Gasteiger partial charge < -0.3 is 5.32 Å². The summed E-state index contributed by atoms with van der Waals surface area (Å²) < 4.78 is 28.4. The van der Waals surface area contributed by atoms with E-state index in [1.807, 2.05) is 0 Å². The molecule has 3 rings (SSSR count). The fourth-order valence-corrected chi connectivity index (χ4v) is 2.73. The molecule has 4 heteroatoms. The van der Waals surface area contributed by atoms with Crippen LogP contribution >= 0.6 is 0 Å². The smallest absolute Gasteiger partial charge is 0.277 e. The summed E-state index contributed by atoms with van der Waals surface area (Å²) in [6, 6.07) is 1.59. The molecule has 0 bridgehead atoms. The molecule has 18 heavy (non-hydrogen) atoms. The SMILES string of the molecule is CC1(C)CNc2cc(C(F)(F)C3CCC3)cnc21. The number of fused-ring (bicyclic) bond motifs is 1. The molecule has 0 radical (unpaired) electrons. The van der Waals surface area contributed by atoms with Gasteiger partial charge in [-0.25, -0.2) is 8.78 Å². The third-order valence-electron chi connectivity index (χ3n) is 4.25. The van der Waals surface area contributed by atoms with Crippen molar-refractivity contribution in [3.8, 4) is 0 Å². The summed E-state index contributed by atoms with van der Waals surface area (Å²) in [4.78, 5) is 4.28. The van der Waals surface area contributed by atoms with Crippen LogP contribution in [0.15, 0.2) is 12.3 Å². The van der Waals surface area contributed by atoms with Crippen molar-refractivity contribution in [1.82, 2.24) is 4.98 Å². The van der Waals surface area contributed by atoms with Gasteiger partial charge in [-0.2, -0.15) is 0 Å². The van der Waals surface area contributed by atoms with E-state index in [2.05, 4.69) is 24.1 Å². The molecule has 2 aliphatic rings. The Morgan fingerprint density at radius 1 is 1.39 bits per heavy atom. The van der Waals surface area contributed by atoms with Crippen LogP contribution in [0.4, 0.5) is 14.5 Å². The van der Waals surface area contributed by atoms with Gasteiger partial charge >= 0.3 is 0 Å². The molecule has 0 amide bonds. The summed E-state index contributed by atoms with van der Waals surface area (Å²) in [6.07, 6.45) is 3.54. The molecule has 98 valence electrons. The highest BCUT2D eigenvalue weighted by atomic mass is 19.3. The average Bonchev–Trinajstić information content (AvgIpc) is 2.51.